The molecule has 0 aromatic heterocycles. The quantitative estimate of drug-likeness (QED) is 0.737. The number of hydrogen-bond acceptors (Lipinski definition) is 1. The summed E-state index contributed by atoms with van der Waals surface area (Å²) < 4.78 is 0. The molecular weight excluding hydrogens is 289 g/mol. The zero-order chi connectivity index (χ0) is 14.9. The molecule has 3 heteroatoms. The van der Waals surface area contributed by atoms with Crippen LogP contribution in [0.3, 0.4) is 0 Å². The van der Waals surface area contributed by atoms with E-state index >= 15 is 0 Å². The summed E-state index contributed by atoms with van der Waals surface area (Å²) in [5.41, 5.74) is 1.64. The molecule has 20 heavy (non-hydrogen) atoms. The Morgan fingerprint density at radius 2 is 1.90 bits per heavy atom. The molecule has 0 spiro atoms. The molecule has 1 aliphatic rings. The smallest absolute Gasteiger partial charge is 0.0595 e. The summed E-state index contributed by atoms with van der Waals surface area (Å²) in [5, 5.41) is 5.02. The Labute approximate surface area is 133 Å². The van der Waals surface area contributed by atoms with Gasteiger partial charge < -0.3 is 5.32 Å². The monoisotopic (exact) mass is 313 g/mol. The zero-order valence-electron chi connectivity index (χ0n) is 12.8. The Kier molecular flexibility index (Phi) is 5.05. The molecule has 2 rings (SSSR count). The van der Waals surface area contributed by atoms with Gasteiger partial charge in [0.2, 0.25) is 0 Å². The average Bonchev–Trinajstić information content (AvgIpc) is 2.29. The van der Waals surface area contributed by atoms with Crippen LogP contribution >= 0.6 is 23.2 Å². The van der Waals surface area contributed by atoms with Crippen molar-refractivity contribution < 1.29 is 0 Å². The van der Waals surface area contributed by atoms with Crippen LogP contribution in [0.15, 0.2) is 18.2 Å². The van der Waals surface area contributed by atoms with Gasteiger partial charge in [-0.05, 0) is 55.2 Å². The molecule has 0 saturated heterocycles. The summed E-state index contributed by atoms with van der Waals surface area (Å²) in [6.45, 7) is 9.31. The second-order valence-electron chi connectivity index (χ2n) is 7.17. The molecule has 1 saturated carbocycles. The SMILES string of the molecule is CC1CC(NC(C)c2ccc(Cl)c(Cl)c2)CC(C)(C)C1. The van der Waals surface area contributed by atoms with Crippen molar-refractivity contribution in [3.63, 3.8) is 0 Å². The summed E-state index contributed by atoms with van der Waals surface area (Å²) in [6.07, 6.45) is 3.82. The zero-order valence-corrected chi connectivity index (χ0v) is 14.4. The summed E-state index contributed by atoms with van der Waals surface area (Å²) in [6, 6.07) is 6.79. The number of rotatable bonds is 3. The van der Waals surface area contributed by atoms with Crippen LogP contribution in [0.4, 0.5) is 0 Å². The first-order valence-corrected chi connectivity index (χ1v) is 8.23. The Morgan fingerprint density at radius 3 is 2.50 bits per heavy atom. The van der Waals surface area contributed by atoms with Gasteiger partial charge in [0.25, 0.3) is 0 Å². The number of hydrogen-bond donors (Lipinski definition) is 1. The summed E-state index contributed by atoms with van der Waals surface area (Å²) in [7, 11) is 0. The molecule has 3 unspecified atom stereocenters. The van der Waals surface area contributed by atoms with Crippen molar-refractivity contribution >= 4 is 23.2 Å². The Morgan fingerprint density at radius 1 is 1.20 bits per heavy atom. The third-order valence-corrected chi connectivity index (χ3v) is 5.06. The fourth-order valence-corrected chi connectivity index (χ4v) is 4.01. The van der Waals surface area contributed by atoms with Gasteiger partial charge in [0.15, 0.2) is 0 Å². The van der Waals surface area contributed by atoms with Gasteiger partial charge in [-0.2, -0.15) is 0 Å². The molecule has 0 radical (unpaired) electrons. The lowest BCUT2D eigenvalue weighted by atomic mass is 9.70. The van der Waals surface area contributed by atoms with Crippen LogP contribution in [0.1, 0.15) is 58.6 Å². The molecule has 1 aromatic carbocycles. The molecule has 1 aliphatic carbocycles. The van der Waals surface area contributed by atoms with Crippen LogP contribution < -0.4 is 5.32 Å². The summed E-state index contributed by atoms with van der Waals surface area (Å²) >= 11 is 12.1. The van der Waals surface area contributed by atoms with E-state index in [2.05, 4.69) is 39.1 Å². The molecule has 0 bridgehead atoms. The molecule has 1 nitrogen and oxygen atoms in total. The highest BCUT2D eigenvalue weighted by molar-refractivity contribution is 6.42. The molecule has 1 N–H and O–H groups in total. The highest BCUT2D eigenvalue weighted by atomic mass is 35.5. The third-order valence-electron chi connectivity index (χ3n) is 4.32. The van der Waals surface area contributed by atoms with Crippen LogP contribution in [-0.2, 0) is 0 Å². The molecular formula is C17H25Cl2N. The van der Waals surface area contributed by atoms with Gasteiger partial charge >= 0.3 is 0 Å². The van der Waals surface area contributed by atoms with Crippen molar-refractivity contribution in [2.75, 3.05) is 0 Å². The largest absolute Gasteiger partial charge is 0.307 e. The highest BCUT2D eigenvalue weighted by Gasteiger charge is 2.32. The van der Waals surface area contributed by atoms with E-state index in [0.29, 0.717) is 27.5 Å². The minimum Gasteiger partial charge on any atom is -0.307 e. The molecule has 0 heterocycles. The number of benzene rings is 1. The van der Waals surface area contributed by atoms with Gasteiger partial charge in [-0.3, -0.25) is 0 Å². The molecule has 112 valence electrons. The minimum atomic E-state index is 0.302. The van der Waals surface area contributed by atoms with Crippen molar-refractivity contribution in [1.29, 1.82) is 0 Å². The molecule has 1 aromatic rings. The summed E-state index contributed by atoms with van der Waals surface area (Å²) in [4.78, 5) is 0. The first-order chi connectivity index (χ1) is 9.27. The Bertz CT molecular complexity index is 470. The number of nitrogens with one attached hydrogen (secondary N) is 1. The average molecular weight is 314 g/mol. The fraction of sp³-hybridized carbons (Fsp3) is 0.647. The van der Waals surface area contributed by atoms with E-state index in [1.807, 2.05) is 12.1 Å². The van der Waals surface area contributed by atoms with E-state index in [4.69, 9.17) is 23.2 Å². The van der Waals surface area contributed by atoms with E-state index < -0.39 is 0 Å². The lowest BCUT2D eigenvalue weighted by Crippen LogP contribution is -2.41. The second kappa shape index (κ2) is 6.25. The van der Waals surface area contributed by atoms with Crippen LogP contribution in [0.25, 0.3) is 0 Å². The van der Waals surface area contributed by atoms with Crippen LogP contribution in [-0.4, -0.2) is 6.04 Å². The maximum absolute atomic E-state index is 6.11. The van der Waals surface area contributed by atoms with E-state index in [9.17, 15) is 0 Å². The third kappa shape index (κ3) is 4.13. The van der Waals surface area contributed by atoms with Gasteiger partial charge in [-0.15, -0.1) is 0 Å². The normalized spacial score (nSPS) is 27.3. The molecule has 3 atom stereocenters. The fourth-order valence-electron chi connectivity index (χ4n) is 3.70. The van der Waals surface area contributed by atoms with Crippen LogP contribution in [0.5, 0.6) is 0 Å². The predicted molar refractivity (Wildman–Crippen MR) is 88.6 cm³/mol. The molecule has 0 amide bonds. The van der Waals surface area contributed by atoms with Crippen LogP contribution in [0, 0.1) is 11.3 Å². The van der Waals surface area contributed by atoms with Crippen molar-refractivity contribution in [3.05, 3.63) is 33.8 Å². The summed E-state index contributed by atoms with van der Waals surface area (Å²) in [5.74, 6) is 0.789. The van der Waals surface area contributed by atoms with E-state index in [1.54, 1.807) is 0 Å². The maximum atomic E-state index is 6.11. The molecule has 0 aliphatic heterocycles. The standard InChI is InChI=1S/C17H25Cl2N/c1-11-7-14(10-17(3,4)9-11)20-12(2)13-5-6-15(18)16(19)8-13/h5-6,8,11-12,14,20H,7,9-10H2,1-4H3. The van der Waals surface area contributed by atoms with Crippen molar-refractivity contribution in [3.8, 4) is 0 Å². The van der Waals surface area contributed by atoms with E-state index in [0.717, 1.165) is 5.92 Å². The van der Waals surface area contributed by atoms with Crippen molar-refractivity contribution in [2.24, 2.45) is 11.3 Å². The second-order valence-corrected chi connectivity index (χ2v) is 7.99. The highest BCUT2D eigenvalue weighted by Crippen LogP contribution is 2.39. The van der Waals surface area contributed by atoms with Gasteiger partial charge in [-0.1, -0.05) is 50.0 Å². The lowest BCUT2D eigenvalue weighted by Gasteiger charge is -2.40. The predicted octanol–water partition coefficient (Wildman–Crippen LogP) is 5.86. The Hall–Kier alpha value is -0.240. The van der Waals surface area contributed by atoms with Crippen molar-refractivity contribution in [2.45, 2.75) is 59.0 Å². The van der Waals surface area contributed by atoms with Gasteiger partial charge in [0.1, 0.15) is 0 Å². The van der Waals surface area contributed by atoms with E-state index in [-0.39, 0.29) is 0 Å². The van der Waals surface area contributed by atoms with Gasteiger partial charge in [0.05, 0.1) is 10.0 Å². The first-order valence-electron chi connectivity index (χ1n) is 7.48. The molecule has 1 fully saturated rings. The van der Waals surface area contributed by atoms with Crippen LogP contribution in [0.2, 0.25) is 10.0 Å². The van der Waals surface area contributed by atoms with E-state index in [1.165, 1.54) is 24.8 Å². The first kappa shape index (κ1) is 16.1. The Balaban J connectivity index is 2.03. The lowest BCUT2D eigenvalue weighted by molar-refractivity contribution is 0.145. The van der Waals surface area contributed by atoms with Crippen molar-refractivity contribution in [1.82, 2.24) is 5.32 Å². The van der Waals surface area contributed by atoms with Gasteiger partial charge in [-0.25, -0.2) is 0 Å². The number of halogens is 2. The maximum Gasteiger partial charge on any atom is 0.0595 e. The van der Waals surface area contributed by atoms with Gasteiger partial charge in [0, 0.05) is 12.1 Å². The minimum absolute atomic E-state index is 0.302. The topological polar surface area (TPSA) is 12.0 Å².